The Morgan fingerprint density at radius 3 is 2.78 bits per heavy atom. The largest absolute Gasteiger partial charge is 0.409 e. The number of nitrogens with two attached hydrogens (primary N) is 1. The molecule has 0 bridgehead atoms. The summed E-state index contributed by atoms with van der Waals surface area (Å²) < 4.78 is 2.25. The van der Waals surface area contributed by atoms with Crippen LogP contribution in [0, 0.1) is 8.99 Å². The zero-order chi connectivity index (χ0) is 13.8. The SMILES string of the molecule is CC(C)(CCNc1ccc(I)c(Br)c1)/C(N)=N/O. The molecule has 0 fully saturated rings. The lowest BCUT2D eigenvalue weighted by Crippen LogP contribution is -2.33. The molecule has 1 aromatic rings. The van der Waals surface area contributed by atoms with Crippen LogP contribution in [0.4, 0.5) is 5.69 Å². The normalized spacial score (nSPS) is 12.6. The third-order valence-corrected chi connectivity index (χ3v) is 5.14. The van der Waals surface area contributed by atoms with E-state index in [4.69, 9.17) is 10.9 Å². The molecule has 0 aromatic heterocycles. The Bertz CT molecular complexity index is 449. The van der Waals surface area contributed by atoms with Gasteiger partial charge < -0.3 is 16.3 Å². The molecule has 0 aliphatic rings. The summed E-state index contributed by atoms with van der Waals surface area (Å²) in [5.74, 6) is 0.257. The molecule has 0 aliphatic carbocycles. The maximum Gasteiger partial charge on any atom is 0.144 e. The van der Waals surface area contributed by atoms with Gasteiger partial charge in [-0.1, -0.05) is 19.0 Å². The van der Waals surface area contributed by atoms with Crippen molar-refractivity contribution in [2.45, 2.75) is 20.3 Å². The van der Waals surface area contributed by atoms with Crippen LogP contribution in [-0.4, -0.2) is 17.6 Å². The molecule has 4 N–H and O–H groups in total. The summed E-state index contributed by atoms with van der Waals surface area (Å²) in [4.78, 5) is 0. The highest BCUT2D eigenvalue weighted by atomic mass is 127. The van der Waals surface area contributed by atoms with Gasteiger partial charge in [-0.05, 0) is 63.1 Å². The van der Waals surface area contributed by atoms with Crippen LogP contribution in [0.25, 0.3) is 0 Å². The molecule has 0 spiro atoms. The summed E-state index contributed by atoms with van der Waals surface area (Å²) in [5, 5.41) is 15.1. The highest BCUT2D eigenvalue weighted by Gasteiger charge is 2.22. The molecule has 0 heterocycles. The second kappa shape index (κ2) is 6.60. The average molecular weight is 426 g/mol. The van der Waals surface area contributed by atoms with Crippen LogP contribution in [0.3, 0.4) is 0 Å². The lowest BCUT2D eigenvalue weighted by molar-refractivity contribution is 0.306. The van der Waals surface area contributed by atoms with Crippen molar-refractivity contribution in [3.63, 3.8) is 0 Å². The topological polar surface area (TPSA) is 70.6 Å². The first-order valence-corrected chi connectivity index (χ1v) is 7.41. The maximum atomic E-state index is 8.69. The number of benzene rings is 1. The van der Waals surface area contributed by atoms with Crippen molar-refractivity contribution in [1.82, 2.24) is 0 Å². The minimum Gasteiger partial charge on any atom is -0.409 e. The van der Waals surface area contributed by atoms with Crippen LogP contribution in [0.2, 0.25) is 0 Å². The summed E-state index contributed by atoms with van der Waals surface area (Å²) in [6.45, 7) is 4.66. The number of amidine groups is 1. The third-order valence-electron chi connectivity index (χ3n) is 2.80. The Balaban J connectivity index is 2.54. The molecule has 1 aromatic carbocycles. The molecule has 0 saturated carbocycles. The van der Waals surface area contributed by atoms with Crippen LogP contribution < -0.4 is 11.1 Å². The molecule has 6 heteroatoms. The smallest absolute Gasteiger partial charge is 0.144 e. The Hall–Kier alpha value is -0.500. The van der Waals surface area contributed by atoms with Crippen LogP contribution >= 0.6 is 38.5 Å². The van der Waals surface area contributed by atoms with Crippen molar-refractivity contribution in [3.8, 4) is 0 Å². The second-order valence-corrected chi connectivity index (χ2v) is 6.69. The Labute approximate surface area is 129 Å². The first-order valence-electron chi connectivity index (χ1n) is 5.54. The van der Waals surface area contributed by atoms with Crippen molar-refractivity contribution in [2.75, 3.05) is 11.9 Å². The van der Waals surface area contributed by atoms with Crippen molar-refractivity contribution in [3.05, 3.63) is 26.2 Å². The van der Waals surface area contributed by atoms with Crippen molar-refractivity contribution < 1.29 is 5.21 Å². The summed E-state index contributed by atoms with van der Waals surface area (Å²) in [6.07, 6.45) is 0.784. The van der Waals surface area contributed by atoms with Crippen molar-refractivity contribution in [2.24, 2.45) is 16.3 Å². The van der Waals surface area contributed by atoms with Crippen LogP contribution in [0.1, 0.15) is 20.3 Å². The van der Waals surface area contributed by atoms with Gasteiger partial charge >= 0.3 is 0 Å². The Morgan fingerprint density at radius 2 is 2.22 bits per heavy atom. The summed E-state index contributed by atoms with van der Waals surface area (Å²) >= 11 is 5.76. The van der Waals surface area contributed by atoms with E-state index >= 15 is 0 Å². The van der Waals surface area contributed by atoms with Gasteiger partial charge in [-0.15, -0.1) is 0 Å². The molecule has 18 heavy (non-hydrogen) atoms. The van der Waals surface area contributed by atoms with Gasteiger partial charge in [-0.25, -0.2) is 0 Å². The molecule has 100 valence electrons. The average Bonchev–Trinajstić information content (AvgIpc) is 2.32. The molecule has 0 radical (unpaired) electrons. The van der Waals surface area contributed by atoms with Crippen LogP contribution in [0.5, 0.6) is 0 Å². The summed E-state index contributed by atoms with van der Waals surface area (Å²) in [6, 6.07) is 6.11. The molecular weight excluding hydrogens is 409 g/mol. The fourth-order valence-electron chi connectivity index (χ4n) is 1.39. The van der Waals surface area contributed by atoms with Gasteiger partial charge in [-0.2, -0.15) is 0 Å². The maximum absolute atomic E-state index is 8.69. The minimum absolute atomic E-state index is 0.257. The van der Waals surface area contributed by atoms with E-state index in [0.717, 1.165) is 23.1 Å². The number of oxime groups is 1. The molecule has 0 aliphatic heterocycles. The lowest BCUT2D eigenvalue weighted by Gasteiger charge is -2.23. The van der Waals surface area contributed by atoms with E-state index in [1.54, 1.807) is 0 Å². The van der Waals surface area contributed by atoms with Gasteiger partial charge in [0.2, 0.25) is 0 Å². The van der Waals surface area contributed by atoms with Crippen molar-refractivity contribution in [1.29, 1.82) is 0 Å². The van der Waals surface area contributed by atoms with Gasteiger partial charge in [0, 0.05) is 25.7 Å². The van der Waals surface area contributed by atoms with Crippen LogP contribution in [-0.2, 0) is 0 Å². The van der Waals surface area contributed by atoms with Gasteiger partial charge in [0.25, 0.3) is 0 Å². The molecule has 0 amide bonds. The minimum atomic E-state index is -0.317. The third kappa shape index (κ3) is 4.31. The van der Waals surface area contributed by atoms with Gasteiger partial charge in [0.05, 0.1) is 0 Å². The van der Waals surface area contributed by atoms with Gasteiger partial charge in [0.1, 0.15) is 5.84 Å². The number of halogens is 2. The first-order chi connectivity index (χ1) is 8.36. The highest BCUT2D eigenvalue weighted by molar-refractivity contribution is 14.1. The Morgan fingerprint density at radius 1 is 1.56 bits per heavy atom. The van der Waals surface area contributed by atoms with Crippen molar-refractivity contribution >= 4 is 50.0 Å². The zero-order valence-electron chi connectivity index (χ0n) is 10.4. The molecular formula is C12H17BrIN3O. The molecule has 1 rings (SSSR count). The summed E-state index contributed by atoms with van der Waals surface area (Å²) in [7, 11) is 0. The fourth-order valence-corrected chi connectivity index (χ4v) is 2.10. The van der Waals surface area contributed by atoms with E-state index in [2.05, 4.69) is 49.0 Å². The fraction of sp³-hybridized carbons (Fsp3) is 0.417. The van der Waals surface area contributed by atoms with E-state index in [-0.39, 0.29) is 11.3 Å². The number of hydrogen-bond acceptors (Lipinski definition) is 3. The molecule has 0 atom stereocenters. The van der Waals surface area contributed by atoms with E-state index in [0.29, 0.717) is 0 Å². The first kappa shape index (κ1) is 15.6. The van der Waals surface area contributed by atoms with Crippen LogP contribution in [0.15, 0.2) is 27.8 Å². The van der Waals surface area contributed by atoms with E-state index in [1.807, 2.05) is 32.0 Å². The molecule has 4 nitrogen and oxygen atoms in total. The number of hydrogen-bond donors (Lipinski definition) is 3. The van der Waals surface area contributed by atoms with E-state index < -0.39 is 0 Å². The predicted octanol–water partition coefficient (Wildman–Crippen LogP) is 3.63. The quantitative estimate of drug-likeness (QED) is 0.222. The van der Waals surface area contributed by atoms with E-state index in [1.165, 1.54) is 3.57 Å². The number of anilines is 1. The second-order valence-electron chi connectivity index (χ2n) is 4.67. The van der Waals surface area contributed by atoms with Gasteiger partial charge in [-0.3, -0.25) is 0 Å². The number of nitrogens with zero attached hydrogens (tertiary/aromatic N) is 1. The number of rotatable bonds is 5. The van der Waals surface area contributed by atoms with Gasteiger partial charge in [0.15, 0.2) is 0 Å². The number of nitrogens with one attached hydrogen (secondary N) is 1. The molecule has 0 unspecified atom stereocenters. The highest BCUT2D eigenvalue weighted by Crippen LogP contribution is 2.24. The Kier molecular flexibility index (Phi) is 5.71. The standard InChI is InChI=1S/C12H17BrIN3O/c1-12(2,11(15)17-18)5-6-16-8-3-4-10(14)9(13)7-8/h3-4,7,16,18H,5-6H2,1-2H3,(H2,15,17). The summed E-state index contributed by atoms with van der Waals surface area (Å²) in [5.41, 5.74) is 6.37. The monoisotopic (exact) mass is 425 g/mol. The molecule has 0 saturated heterocycles. The lowest BCUT2D eigenvalue weighted by atomic mass is 9.88. The van der Waals surface area contributed by atoms with E-state index in [9.17, 15) is 0 Å². The predicted molar refractivity (Wildman–Crippen MR) is 87.2 cm³/mol. The zero-order valence-corrected chi connectivity index (χ0v) is 14.1.